The van der Waals surface area contributed by atoms with Gasteiger partial charge in [0.25, 0.3) is 0 Å². The highest BCUT2D eigenvalue weighted by Gasteiger charge is 2.61. The average molecular weight is 284 g/mol. The van der Waals surface area contributed by atoms with Crippen LogP contribution in [-0.2, 0) is 0 Å². The van der Waals surface area contributed by atoms with E-state index in [4.69, 9.17) is 0 Å². The van der Waals surface area contributed by atoms with E-state index in [-0.39, 0.29) is 17.4 Å². The van der Waals surface area contributed by atoms with Crippen LogP contribution in [0.2, 0.25) is 0 Å². The number of aliphatic hydroxyl groups excluding tert-OH is 1. The van der Waals surface area contributed by atoms with Crippen molar-refractivity contribution in [2.24, 2.45) is 11.3 Å². The summed E-state index contributed by atoms with van der Waals surface area (Å²) in [5.74, 6) is 0.538. The van der Waals surface area contributed by atoms with Gasteiger partial charge in [0, 0.05) is 11.3 Å². The first-order valence-corrected chi connectivity index (χ1v) is 8.24. The van der Waals surface area contributed by atoms with E-state index in [2.05, 4.69) is 43.3 Å². The Morgan fingerprint density at radius 3 is 2.81 bits per heavy atom. The number of benzene rings is 1. The monoisotopic (exact) mass is 284 g/mol. The lowest BCUT2D eigenvalue weighted by Gasteiger charge is -2.60. The summed E-state index contributed by atoms with van der Waals surface area (Å²) >= 11 is 0. The van der Waals surface area contributed by atoms with Crippen LogP contribution < -0.4 is 0 Å². The molecule has 2 N–H and O–H groups in total. The molecule has 2 heteroatoms. The standard InChI is InChI=1S/C19H24O2/c1-18-12-10-15-14-6-3-2-5-13(14)8-9-16(15)19(18,21)11-4-7-17(18)20/h2-3,5-6,8-9,15-17,20-21H,4,7,10-12H2,1H3/t15-,16+,17+,18+,19-/m1/s1. The zero-order valence-electron chi connectivity index (χ0n) is 12.6. The van der Waals surface area contributed by atoms with Crippen molar-refractivity contribution in [3.8, 4) is 0 Å². The summed E-state index contributed by atoms with van der Waals surface area (Å²) < 4.78 is 0. The number of rotatable bonds is 0. The Balaban J connectivity index is 1.81. The van der Waals surface area contributed by atoms with Crippen molar-refractivity contribution in [3.63, 3.8) is 0 Å². The summed E-state index contributed by atoms with van der Waals surface area (Å²) in [5, 5.41) is 22.1. The summed E-state index contributed by atoms with van der Waals surface area (Å²) in [6.45, 7) is 2.10. The predicted octanol–water partition coefficient (Wildman–Crippen LogP) is 3.49. The van der Waals surface area contributed by atoms with Gasteiger partial charge in [-0.15, -0.1) is 0 Å². The molecule has 3 aliphatic rings. The molecule has 1 aromatic rings. The van der Waals surface area contributed by atoms with Crippen LogP contribution in [0.15, 0.2) is 30.3 Å². The molecule has 2 saturated carbocycles. The highest BCUT2D eigenvalue weighted by atomic mass is 16.3. The number of hydrogen-bond donors (Lipinski definition) is 2. The molecule has 21 heavy (non-hydrogen) atoms. The normalized spacial score (nSPS) is 44.6. The fraction of sp³-hybridized carbons (Fsp3) is 0.579. The lowest BCUT2D eigenvalue weighted by molar-refractivity contribution is -0.208. The molecule has 0 aliphatic heterocycles. The van der Waals surface area contributed by atoms with Gasteiger partial charge in [0.05, 0.1) is 11.7 Å². The molecule has 0 bridgehead atoms. The van der Waals surface area contributed by atoms with E-state index < -0.39 is 5.60 Å². The molecule has 0 amide bonds. The van der Waals surface area contributed by atoms with E-state index in [0.29, 0.717) is 5.92 Å². The van der Waals surface area contributed by atoms with Crippen LogP contribution in [0.25, 0.3) is 6.08 Å². The minimum atomic E-state index is -0.766. The maximum absolute atomic E-state index is 11.5. The zero-order valence-corrected chi connectivity index (χ0v) is 12.6. The molecule has 0 aromatic heterocycles. The molecule has 5 atom stereocenters. The quantitative estimate of drug-likeness (QED) is 0.765. The maximum Gasteiger partial charge on any atom is 0.0793 e. The van der Waals surface area contributed by atoms with Crippen LogP contribution in [-0.4, -0.2) is 21.9 Å². The van der Waals surface area contributed by atoms with E-state index in [9.17, 15) is 10.2 Å². The van der Waals surface area contributed by atoms with E-state index in [0.717, 1.165) is 32.1 Å². The van der Waals surface area contributed by atoms with Gasteiger partial charge in [-0.1, -0.05) is 43.3 Å². The maximum atomic E-state index is 11.5. The first kappa shape index (κ1) is 13.5. The van der Waals surface area contributed by atoms with Gasteiger partial charge >= 0.3 is 0 Å². The van der Waals surface area contributed by atoms with Crippen molar-refractivity contribution in [1.29, 1.82) is 0 Å². The van der Waals surface area contributed by atoms with Gasteiger partial charge in [0.15, 0.2) is 0 Å². The second kappa shape index (κ2) is 4.44. The zero-order chi connectivity index (χ0) is 14.7. The first-order chi connectivity index (χ1) is 10.1. The Morgan fingerprint density at radius 2 is 1.95 bits per heavy atom. The van der Waals surface area contributed by atoms with Crippen LogP contribution in [0.3, 0.4) is 0 Å². The van der Waals surface area contributed by atoms with Crippen molar-refractivity contribution >= 4 is 6.08 Å². The van der Waals surface area contributed by atoms with Crippen LogP contribution in [0, 0.1) is 11.3 Å². The smallest absolute Gasteiger partial charge is 0.0793 e. The molecule has 3 aliphatic carbocycles. The first-order valence-electron chi connectivity index (χ1n) is 8.24. The third kappa shape index (κ3) is 1.66. The largest absolute Gasteiger partial charge is 0.392 e. The van der Waals surface area contributed by atoms with Crippen LogP contribution >= 0.6 is 0 Å². The third-order valence-electron chi connectivity index (χ3n) is 6.60. The van der Waals surface area contributed by atoms with Gasteiger partial charge in [-0.05, 0) is 49.1 Å². The molecule has 0 spiro atoms. The van der Waals surface area contributed by atoms with Gasteiger partial charge < -0.3 is 10.2 Å². The van der Waals surface area contributed by atoms with Crippen molar-refractivity contribution in [1.82, 2.24) is 0 Å². The summed E-state index contributed by atoms with van der Waals surface area (Å²) in [4.78, 5) is 0. The molecule has 4 rings (SSSR count). The second-order valence-corrected chi connectivity index (χ2v) is 7.41. The molecule has 1 aromatic carbocycles. The van der Waals surface area contributed by atoms with Crippen molar-refractivity contribution < 1.29 is 10.2 Å². The molecule has 0 unspecified atom stereocenters. The van der Waals surface area contributed by atoms with E-state index >= 15 is 0 Å². The van der Waals surface area contributed by atoms with E-state index in [1.807, 2.05) is 0 Å². The number of hydrogen-bond acceptors (Lipinski definition) is 2. The van der Waals surface area contributed by atoms with Crippen LogP contribution in [0.5, 0.6) is 0 Å². The Kier molecular flexibility index (Phi) is 2.86. The Hall–Kier alpha value is -1.12. The molecule has 112 valence electrons. The molecule has 0 saturated heterocycles. The van der Waals surface area contributed by atoms with Gasteiger partial charge in [0.2, 0.25) is 0 Å². The highest BCUT2D eigenvalue weighted by molar-refractivity contribution is 5.59. The summed E-state index contributed by atoms with van der Waals surface area (Å²) in [7, 11) is 0. The fourth-order valence-corrected chi connectivity index (χ4v) is 5.21. The lowest BCUT2D eigenvalue weighted by Crippen LogP contribution is -2.63. The summed E-state index contributed by atoms with van der Waals surface area (Å²) in [6.07, 6.45) is 8.54. The molecule has 0 heterocycles. The third-order valence-corrected chi connectivity index (χ3v) is 6.60. The van der Waals surface area contributed by atoms with Crippen molar-refractivity contribution in [3.05, 3.63) is 41.5 Å². The van der Waals surface area contributed by atoms with Crippen LogP contribution in [0.1, 0.15) is 56.1 Å². The van der Waals surface area contributed by atoms with Gasteiger partial charge in [-0.25, -0.2) is 0 Å². The fourth-order valence-electron chi connectivity index (χ4n) is 5.21. The predicted molar refractivity (Wildman–Crippen MR) is 83.9 cm³/mol. The Bertz CT molecular complexity index is 593. The van der Waals surface area contributed by atoms with Crippen molar-refractivity contribution in [2.75, 3.05) is 0 Å². The summed E-state index contributed by atoms with van der Waals surface area (Å²) in [6, 6.07) is 8.55. The van der Waals surface area contributed by atoms with Gasteiger partial charge in [-0.2, -0.15) is 0 Å². The summed E-state index contributed by atoms with van der Waals surface area (Å²) in [5.41, 5.74) is 1.54. The SMILES string of the molecule is C[C@@]12CC[C@@H]3c4ccccc4C=C[C@@H]3[C@]1(O)CCC[C@@H]2O. The topological polar surface area (TPSA) is 40.5 Å². The minimum absolute atomic E-state index is 0.140. The van der Waals surface area contributed by atoms with Gasteiger partial charge in [0.1, 0.15) is 0 Å². The van der Waals surface area contributed by atoms with Crippen LogP contribution in [0.4, 0.5) is 0 Å². The van der Waals surface area contributed by atoms with Gasteiger partial charge in [-0.3, -0.25) is 0 Å². The number of fused-ring (bicyclic) bond motifs is 5. The molecular weight excluding hydrogens is 260 g/mol. The molecule has 2 fully saturated rings. The van der Waals surface area contributed by atoms with E-state index in [1.165, 1.54) is 11.1 Å². The average Bonchev–Trinajstić information content (AvgIpc) is 2.49. The molecule has 0 radical (unpaired) electrons. The number of aliphatic hydroxyl groups is 2. The lowest BCUT2D eigenvalue weighted by atomic mass is 9.48. The second-order valence-electron chi connectivity index (χ2n) is 7.41. The Morgan fingerprint density at radius 1 is 1.14 bits per heavy atom. The van der Waals surface area contributed by atoms with Crippen molar-refractivity contribution in [2.45, 2.75) is 56.7 Å². The molecule has 2 nitrogen and oxygen atoms in total. The Labute approximate surface area is 126 Å². The minimum Gasteiger partial charge on any atom is -0.392 e. The molecular formula is C19H24O2. The van der Waals surface area contributed by atoms with E-state index in [1.54, 1.807) is 0 Å². The highest BCUT2D eigenvalue weighted by Crippen LogP contribution is 2.60.